The van der Waals surface area contributed by atoms with Crippen molar-refractivity contribution >= 4 is 0 Å². The van der Waals surface area contributed by atoms with Crippen molar-refractivity contribution in [1.29, 1.82) is 0 Å². The van der Waals surface area contributed by atoms with Crippen molar-refractivity contribution in [2.45, 2.75) is 90.6 Å². The van der Waals surface area contributed by atoms with Gasteiger partial charge in [0.2, 0.25) is 0 Å². The minimum Gasteiger partial charge on any atom is -0.312 e. The zero-order valence-corrected chi connectivity index (χ0v) is 14.1. The van der Waals surface area contributed by atoms with E-state index in [0.29, 0.717) is 12.1 Å². The Morgan fingerprint density at radius 3 is 2.10 bits per heavy atom. The third-order valence-electron chi connectivity index (χ3n) is 6.08. The number of nitrogens with one attached hydrogen (secondary N) is 1. The lowest BCUT2D eigenvalue weighted by atomic mass is 9.68. The van der Waals surface area contributed by atoms with Crippen LogP contribution in [0.1, 0.15) is 78.6 Å². The fraction of sp³-hybridized carbons (Fsp3) is 1.00. The van der Waals surface area contributed by atoms with Gasteiger partial charge < -0.3 is 5.32 Å². The molecule has 1 aliphatic carbocycles. The first kappa shape index (κ1) is 16.3. The number of hydrogen-bond donors (Lipinski definition) is 1. The van der Waals surface area contributed by atoms with Crippen LogP contribution in [0, 0.1) is 5.41 Å². The minimum atomic E-state index is 0.705. The van der Waals surface area contributed by atoms with Gasteiger partial charge in [-0.05, 0) is 64.0 Å². The van der Waals surface area contributed by atoms with Gasteiger partial charge in [0.15, 0.2) is 0 Å². The molecule has 0 amide bonds. The number of rotatable bonds is 6. The maximum atomic E-state index is 3.75. The van der Waals surface area contributed by atoms with Gasteiger partial charge in [-0.3, -0.25) is 4.90 Å². The number of likely N-dealkylation sites (tertiary alicyclic amines) is 1. The van der Waals surface area contributed by atoms with Gasteiger partial charge in [-0.1, -0.05) is 33.1 Å². The molecule has 2 aliphatic rings. The second kappa shape index (κ2) is 7.79. The zero-order chi connectivity index (χ0) is 14.4. The number of nitrogens with zero attached hydrogens (tertiary/aromatic N) is 1. The first-order chi connectivity index (χ1) is 9.69. The Bertz CT molecular complexity index is 257. The van der Waals surface area contributed by atoms with E-state index in [1.165, 1.54) is 77.4 Å². The van der Waals surface area contributed by atoms with Crippen LogP contribution in [-0.2, 0) is 0 Å². The molecular weight excluding hydrogens is 244 g/mol. The van der Waals surface area contributed by atoms with Crippen LogP contribution in [0.5, 0.6) is 0 Å². The minimum absolute atomic E-state index is 0.705. The average molecular weight is 280 g/mol. The average Bonchev–Trinajstić information content (AvgIpc) is 2.49. The van der Waals surface area contributed by atoms with Crippen LogP contribution in [0.25, 0.3) is 0 Å². The lowest BCUT2D eigenvalue weighted by Gasteiger charge is -2.46. The fourth-order valence-corrected chi connectivity index (χ4v) is 4.28. The summed E-state index contributed by atoms with van der Waals surface area (Å²) in [7, 11) is 0. The highest BCUT2D eigenvalue weighted by Gasteiger charge is 2.36. The second-order valence-electron chi connectivity index (χ2n) is 7.37. The van der Waals surface area contributed by atoms with Gasteiger partial charge in [0.1, 0.15) is 0 Å². The molecule has 2 nitrogen and oxygen atoms in total. The largest absolute Gasteiger partial charge is 0.312 e. The topological polar surface area (TPSA) is 15.3 Å². The maximum absolute atomic E-state index is 3.75. The highest BCUT2D eigenvalue weighted by atomic mass is 15.2. The van der Waals surface area contributed by atoms with E-state index in [-0.39, 0.29) is 0 Å². The van der Waals surface area contributed by atoms with Gasteiger partial charge in [-0.25, -0.2) is 0 Å². The van der Waals surface area contributed by atoms with Crippen LogP contribution in [0.4, 0.5) is 0 Å². The second-order valence-corrected chi connectivity index (χ2v) is 7.37. The number of piperidine rings is 1. The van der Waals surface area contributed by atoms with Crippen molar-refractivity contribution in [2.24, 2.45) is 5.41 Å². The summed E-state index contributed by atoms with van der Waals surface area (Å²) in [6.45, 7) is 10.8. The summed E-state index contributed by atoms with van der Waals surface area (Å²) in [6, 6.07) is 1.42. The molecule has 118 valence electrons. The smallest absolute Gasteiger partial charge is 0.0192 e. The summed E-state index contributed by atoms with van der Waals surface area (Å²) >= 11 is 0. The molecule has 0 aromatic rings. The highest BCUT2D eigenvalue weighted by molar-refractivity contribution is 4.89. The Hall–Kier alpha value is -0.0800. The van der Waals surface area contributed by atoms with Crippen molar-refractivity contribution in [3.05, 3.63) is 0 Å². The lowest BCUT2D eigenvalue weighted by molar-refractivity contribution is 0.0483. The maximum Gasteiger partial charge on any atom is 0.0192 e. The molecule has 0 bridgehead atoms. The van der Waals surface area contributed by atoms with E-state index in [0.717, 1.165) is 5.41 Å². The molecule has 20 heavy (non-hydrogen) atoms. The Labute approximate surface area is 126 Å². The molecule has 2 fully saturated rings. The summed E-state index contributed by atoms with van der Waals surface area (Å²) < 4.78 is 0. The molecule has 1 heterocycles. The van der Waals surface area contributed by atoms with Crippen molar-refractivity contribution in [2.75, 3.05) is 19.6 Å². The summed E-state index contributed by atoms with van der Waals surface area (Å²) in [6.07, 6.45) is 12.9. The van der Waals surface area contributed by atoms with Crippen molar-refractivity contribution < 1.29 is 0 Å². The summed E-state index contributed by atoms with van der Waals surface area (Å²) in [4.78, 5) is 2.73. The Morgan fingerprint density at radius 1 is 0.950 bits per heavy atom. The Balaban J connectivity index is 1.72. The zero-order valence-electron chi connectivity index (χ0n) is 14.1. The molecule has 1 spiro atoms. The van der Waals surface area contributed by atoms with E-state index in [1.807, 2.05) is 0 Å². The van der Waals surface area contributed by atoms with Gasteiger partial charge >= 0.3 is 0 Å². The van der Waals surface area contributed by atoms with Crippen molar-refractivity contribution in [3.63, 3.8) is 0 Å². The molecular formula is C18H36N2. The molecule has 1 aliphatic heterocycles. The van der Waals surface area contributed by atoms with Gasteiger partial charge in [-0.15, -0.1) is 0 Å². The molecule has 1 saturated carbocycles. The molecule has 1 saturated heterocycles. The van der Waals surface area contributed by atoms with E-state index in [2.05, 4.69) is 31.0 Å². The molecule has 0 radical (unpaired) electrons. The summed E-state index contributed by atoms with van der Waals surface area (Å²) in [5, 5.41) is 3.75. The first-order valence-corrected chi connectivity index (χ1v) is 9.16. The normalized spacial score (nSPS) is 25.2. The van der Waals surface area contributed by atoms with Crippen LogP contribution in [0.2, 0.25) is 0 Å². The van der Waals surface area contributed by atoms with Crippen LogP contribution in [0.15, 0.2) is 0 Å². The molecule has 1 unspecified atom stereocenters. The lowest BCUT2D eigenvalue weighted by Crippen LogP contribution is -2.49. The Kier molecular flexibility index (Phi) is 6.35. The SMILES string of the molecule is CCC(CC)NCC(C)N1CCC2(CCCCC2)CC1. The molecule has 1 N–H and O–H groups in total. The summed E-state index contributed by atoms with van der Waals surface area (Å²) in [5.41, 5.74) is 0.747. The van der Waals surface area contributed by atoms with E-state index in [4.69, 9.17) is 0 Å². The van der Waals surface area contributed by atoms with E-state index >= 15 is 0 Å². The van der Waals surface area contributed by atoms with E-state index in [1.54, 1.807) is 0 Å². The van der Waals surface area contributed by atoms with Crippen molar-refractivity contribution in [3.8, 4) is 0 Å². The van der Waals surface area contributed by atoms with Crippen molar-refractivity contribution in [1.82, 2.24) is 10.2 Å². The number of hydrogen-bond acceptors (Lipinski definition) is 2. The quantitative estimate of drug-likeness (QED) is 0.784. The fourth-order valence-electron chi connectivity index (χ4n) is 4.28. The Morgan fingerprint density at radius 2 is 1.55 bits per heavy atom. The predicted molar refractivity (Wildman–Crippen MR) is 88.2 cm³/mol. The van der Waals surface area contributed by atoms with Crippen LogP contribution < -0.4 is 5.32 Å². The molecule has 2 rings (SSSR count). The third kappa shape index (κ3) is 4.21. The molecule has 0 aromatic heterocycles. The van der Waals surface area contributed by atoms with Crippen LogP contribution >= 0.6 is 0 Å². The van der Waals surface area contributed by atoms with Crippen LogP contribution in [0.3, 0.4) is 0 Å². The molecule has 1 atom stereocenters. The van der Waals surface area contributed by atoms with Gasteiger partial charge in [0.05, 0.1) is 0 Å². The van der Waals surface area contributed by atoms with E-state index in [9.17, 15) is 0 Å². The van der Waals surface area contributed by atoms with Crippen LogP contribution in [-0.4, -0.2) is 36.6 Å². The predicted octanol–water partition coefficient (Wildman–Crippen LogP) is 4.20. The third-order valence-corrected chi connectivity index (χ3v) is 6.08. The van der Waals surface area contributed by atoms with E-state index < -0.39 is 0 Å². The highest BCUT2D eigenvalue weighted by Crippen LogP contribution is 2.44. The van der Waals surface area contributed by atoms with Gasteiger partial charge in [0, 0.05) is 18.6 Å². The monoisotopic (exact) mass is 280 g/mol. The van der Waals surface area contributed by atoms with Gasteiger partial charge in [-0.2, -0.15) is 0 Å². The summed E-state index contributed by atoms with van der Waals surface area (Å²) in [5.74, 6) is 0. The first-order valence-electron chi connectivity index (χ1n) is 9.16. The standard InChI is InChI=1S/C18H36N2/c1-4-17(5-2)19-15-16(3)20-13-11-18(12-14-20)9-7-6-8-10-18/h16-17,19H,4-15H2,1-3H3. The molecule has 0 aromatic carbocycles. The molecule has 2 heteroatoms. The van der Waals surface area contributed by atoms with Gasteiger partial charge in [0.25, 0.3) is 0 Å².